The summed E-state index contributed by atoms with van der Waals surface area (Å²) in [5.41, 5.74) is 0.633. The molecule has 1 atom stereocenters. The minimum Gasteiger partial charge on any atom is -0.497 e. The van der Waals surface area contributed by atoms with E-state index in [1.807, 2.05) is 0 Å². The number of methoxy groups -OCH3 is 1. The summed E-state index contributed by atoms with van der Waals surface area (Å²) in [6, 6.07) is 9.60. The number of rotatable bonds is 6. The van der Waals surface area contributed by atoms with Gasteiger partial charge in [0.1, 0.15) is 11.5 Å². The summed E-state index contributed by atoms with van der Waals surface area (Å²) < 4.78 is 37.3. The predicted molar refractivity (Wildman–Crippen MR) is 90.5 cm³/mol. The fourth-order valence-corrected chi connectivity index (χ4v) is 2.63. The molecule has 0 spiro atoms. The van der Waals surface area contributed by atoms with Crippen molar-refractivity contribution in [2.75, 3.05) is 13.7 Å². The van der Waals surface area contributed by atoms with Gasteiger partial charge in [0.05, 0.1) is 19.7 Å². The summed E-state index contributed by atoms with van der Waals surface area (Å²) in [5, 5.41) is 5.18. The van der Waals surface area contributed by atoms with Gasteiger partial charge in [0, 0.05) is 30.8 Å². The molecule has 0 bridgehead atoms. The predicted octanol–water partition coefficient (Wildman–Crippen LogP) is 2.50. The van der Waals surface area contributed by atoms with Crippen molar-refractivity contribution in [3.8, 4) is 17.4 Å². The van der Waals surface area contributed by atoms with Crippen LogP contribution in [0.15, 0.2) is 42.6 Å². The highest BCUT2D eigenvalue weighted by Crippen LogP contribution is 2.27. The molecule has 26 heavy (non-hydrogen) atoms. The second-order valence-corrected chi connectivity index (χ2v) is 5.96. The smallest absolute Gasteiger partial charge is 0.262 e. The Kier molecular flexibility index (Phi) is 5.32. The van der Waals surface area contributed by atoms with Crippen LogP contribution in [-0.2, 0) is 11.3 Å². The number of nitrogens with zero attached hydrogens (tertiary/aromatic N) is 1. The van der Waals surface area contributed by atoms with Gasteiger partial charge in [-0.05, 0) is 18.2 Å². The van der Waals surface area contributed by atoms with Crippen molar-refractivity contribution in [3.05, 3.63) is 48.2 Å². The van der Waals surface area contributed by atoms with Crippen LogP contribution in [0.2, 0.25) is 0 Å². The van der Waals surface area contributed by atoms with Gasteiger partial charge in [-0.3, -0.25) is 10.1 Å². The van der Waals surface area contributed by atoms with E-state index < -0.39 is 30.8 Å². The van der Waals surface area contributed by atoms with E-state index in [0.717, 1.165) is 0 Å². The summed E-state index contributed by atoms with van der Waals surface area (Å²) in [7, 11) is 1.56. The topological polar surface area (TPSA) is 72.5 Å². The maximum atomic E-state index is 13.2. The Bertz CT molecular complexity index is 786. The molecule has 2 heterocycles. The van der Waals surface area contributed by atoms with Crippen LogP contribution in [0, 0.1) is 0 Å². The highest BCUT2D eigenvalue weighted by atomic mass is 19.3. The standard InChI is InChI=1S/C18H19F2N3O3/c1-25-13-5-2-6-14(8-13)26-17-12(4-3-7-21-17)10-22-16(24)15-9-18(19,20)11-23-15/h2-8,15,23H,9-11H2,1H3,(H,22,24). The van der Waals surface area contributed by atoms with Crippen molar-refractivity contribution >= 4 is 5.91 Å². The third-order valence-electron chi connectivity index (χ3n) is 3.99. The van der Waals surface area contributed by atoms with Crippen molar-refractivity contribution in [2.45, 2.75) is 24.9 Å². The van der Waals surface area contributed by atoms with Crippen molar-refractivity contribution in [3.63, 3.8) is 0 Å². The Morgan fingerprint density at radius 3 is 2.88 bits per heavy atom. The zero-order valence-corrected chi connectivity index (χ0v) is 14.2. The van der Waals surface area contributed by atoms with Crippen molar-refractivity contribution < 1.29 is 23.0 Å². The lowest BCUT2D eigenvalue weighted by molar-refractivity contribution is -0.123. The number of pyridine rings is 1. The molecule has 6 nitrogen and oxygen atoms in total. The van der Waals surface area contributed by atoms with E-state index in [4.69, 9.17) is 9.47 Å². The Morgan fingerprint density at radius 2 is 2.15 bits per heavy atom. The summed E-state index contributed by atoms with van der Waals surface area (Å²) in [5.74, 6) is -1.82. The summed E-state index contributed by atoms with van der Waals surface area (Å²) in [6.07, 6.45) is 1.07. The fourth-order valence-electron chi connectivity index (χ4n) is 2.63. The first kappa shape index (κ1) is 18.1. The third kappa shape index (κ3) is 4.45. The monoisotopic (exact) mass is 363 g/mol. The van der Waals surface area contributed by atoms with Gasteiger partial charge in [-0.1, -0.05) is 12.1 Å². The van der Waals surface area contributed by atoms with Gasteiger partial charge in [-0.15, -0.1) is 0 Å². The lowest BCUT2D eigenvalue weighted by atomic mass is 10.2. The van der Waals surface area contributed by atoms with Crippen LogP contribution in [-0.4, -0.2) is 36.5 Å². The molecule has 2 N–H and O–H groups in total. The molecule has 0 aliphatic carbocycles. The second kappa shape index (κ2) is 7.65. The molecule has 8 heteroatoms. The number of alkyl halides is 2. The van der Waals surface area contributed by atoms with Crippen LogP contribution in [0.25, 0.3) is 0 Å². The molecule has 0 saturated carbocycles. The number of aromatic nitrogens is 1. The van der Waals surface area contributed by atoms with E-state index in [1.54, 1.807) is 49.7 Å². The van der Waals surface area contributed by atoms with Gasteiger partial charge >= 0.3 is 0 Å². The van der Waals surface area contributed by atoms with Crippen molar-refractivity contribution in [1.29, 1.82) is 0 Å². The fraction of sp³-hybridized carbons (Fsp3) is 0.333. The minimum atomic E-state index is -2.85. The van der Waals surface area contributed by atoms with Crippen LogP contribution in [0.1, 0.15) is 12.0 Å². The van der Waals surface area contributed by atoms with Gasteiger partial charge in [-0.2, -0.15) is 0 Å². The first-order chi connectivity index (χ1) is 12.5. The van der Waals surface area contributed by atoms with Gasteiger partial charge < -0.3 is 14.8 Å². The van der Waals surface area contributed by atoms with Gasteiger partial charge in [0.15, 0.2) is 0 Å². The highest BCUT2D eigenvalue weighted by molar-refractivity contribution is 5.82. The molecule has 1 saturated heterocycles. The van der Waals surface area contributed by atoms with Crippen LogP contribution >= 0.6 is 0 Å². The number of amides is 1. The van der Waals surface area contributed by atoms with Gasteiger partial charge in [0.2, 0.25) is 11.8 Å². The molecule has 2 aromatic rings. The van der Waals surface area contributed by atoms with E-state index in [-0.39, 0.29) is 6.54 Å². The molecule has 1 aromatic carbocycles. The van der Waals surface area contributed by atoms with E-state index in [0.29, 0.717) is 22.9 Å². The maximum Gasteiger partial charge on any atom is 0.262 e. The highest BCUT2D eigenvalue weighted by Gasteiger charge is 2.42. The van der Waals surface area contributed by atoms with Crippen LogP contribution < -0.4 is 20.1 Å². The quantitative estimate of drug-likeness (QED) is 0.825. The molecule has 1 aliphatic rings. The lowest BCUT2D eigenvalue weighted by Crippen LogP contribution is -2.40. The molecule has 3 rings (SSSR count). The Labute approximate surface area is 149 Å². The summed E-state index contributed by atoms with van der Waals surface area (Å²) >= 11 is 0. The number of hydrogen-bond acceptors (Lipinski definition) is 5. The minimum absolute atomic E-state index is 0.121. The zero-order chi connectivity index (χ0) is 18.6. The number of hydrogen-bond donors (Lipinski definition) is 2. The number of carbonyl (C=O) groups is 1. The van der Waals surface area contributed by atoms with E-state index in [1.165, 1.54) is 0 Å². The van der Waals surface area contributed by atoms with Crippen molar-refractivity contribution in [1.82, 2.24) is 15.6 Å². The van der Waals surface area contributed by atoms with Gasteiger partial charge in [-0.25, -0.2) is 13.8 Å². The average Bonchev–Trinajstić information content (AvgIpc) is 3.01. The zero-order valence-electron chi connectivity index (χ0n) is 14.2. The van der Waals surface area contributed by atoms with Crippen molar-refractivity contribution in [2.24, 2.45) is 0 Å². The lowest BCUT2D eigenvalue weighted by Gasteiger charge is -2.13. The largest absolute Gasteiger partial charge is 0.497 e. The SMILES string of the molecule is COc1cccc(Oc2ncccc2CNC(=O)C2CC(F)(F)CN2)c1. The molecule has 1 unspecified atom stereocenters. The van der Waals surface area contributed by atoms with E-state index in [9.17, 15) is 13.6 Å². The molecule has 1 aliphatic heterocycles. The van der Waals surface area contributed by atoms with Crippen LogP contribution in [0.5, 0.6) is 17.4 Å². The van der Waals surface area contributed by atoms with Crippen LogP contribution in [0.3, 0.4) is 0 Å². The number of nitrogens with one attached hydrogen (secondary N) is 2. The molecule has 1 aromatic heterocycles. The first-order valence-electron chi connectivity index (χ1n) is 8.11. The first-order valence-corrected chi connectivity index (χ1v) is 8.11. The molecule has 1 fully saturated rings. The Morgan fingerprint density at radius 1 is 1.35 bits per heavy atom. The molecule has 0 radical (unpaired) electrons. The number of halogens is 2. The molecule has 138 valence electrons. The maximum absolute atomic E-state index is 13.2. The summed E-state index contributed by atoms with van der Waals surface area (Å²) in [4.78, 5) is 16.3. The second-order valence-electron chi connectivity index (χ2n) is 5.96. The average molecular weight is 363 g/mol. The summed E-state index contributed by atoms with van der Waals surface area (Å²) in [6.45, 7) is -0.363. The normalized spacial score (nSPS) is 18.3. The Balaban J connectivity index is 1.64. The molecular weight excluding hydrogens is 344 g/mol. The van der Waals surface area contributed by atoms with E-state index in [2.05, 4.69) is 15.6 Å². The Hall–Kier alpha value is -2.74. The van der Waals surface area contributed by atoms with Crippen LogP contribution in [0.4, 0.5) is 8.78 Å². The number of carbonyl (C=O) groups excluding carboxylic acids is 1. The number of ether oxygens (including phenoxy) is 2. The number of benzene rings is 1. The van der Waals surface area contributed by atoms with Gasteiger partial charge in [0.25, 0.3) is 5.92 Å². The van der Waals surface area contributed by atoms with E-state index >= 15 is 0 Å². The third-order valence-corrected chi connectivity index (χ3v) is 3.99. The molecule has 1 amide bonds. The molecular formula is C18H19F2N3O3.